The van der Waals surface area contributed by atoms with E-state index in [1.807, 2.05) is 18.2 Å². The molecule has 23 heavy (non-hydrogen) atoms. The molecule has 0 saturated heterocycles. The van der Waals surface area contributed by atoms with E-state index in [0.717, 1.165) is 42.6 Å². The van der Waals surface area contributed by atoms with Crippen molar-refractivity contribution >= 4 is 56.7 Å². The SMILES string of the molecule is NCCCCc1c(-c2ccc(Cl)c(Cl)c2)[nH]c2ccc(I)cc12. The highest BCUT2D eigenvalue weighted by molar-refractivity contribution is 14.1. The van der Waals surface area contributed by atoms with E-state index in [1.54, 1.807) is 0 Å². The lowest BCUT2D eigenvalue weighted by atomic mass is 10.0. The van der Waals surface area contributed by atoms with E-state index in [9.17, 15) is 0 Å². The van der Waals surface area contributed by atoms with E-state index < -0.39 is 0 Å². The monoisotopic (exact) mass is 458 g/mol. The number of rotatable bonds is 5. The molecule has 1 heterocycles. The predicted molar refractivity (Wildman–Crippen MR) is 108 cm³/mol. The molecule has 0 unspecified atom stereocenters. The number of aromatic nitrogens is 1. The molecule has 0 aliphatic rings. The van der Waals surface area contributed by atoms with E-state index in [1.165, 1.54) is 14.5 Å². The van der Waals surface area contributed by atoms with Gasteiger partial charge in [0, 0.05) is 20.2 Å². The highest BCUT2D eigenvalue weighted by atomic mass is 127. The number of halogens is 3. The number of benzene rings is 2. The van der Waals surface area contributed by atoms with Gasteiger partial charge in [0.2, 0.25) is 0 Å². The molecule has 0 atom stereocenters. The van der Waals surface area contributed by atoms with Crippen molar-refractivity contribution in [3.8, 4) is 11.3 Å². The smallest absolute Gasteiger partial charge is 0.0599 e. The van der Waals surface area contributed by atoms with E-state index in [2.05, 4.69) is 45.8 Å². The van der Waals surface area contributed by atoms with Crippen LogP contribution in [0.5, 0.6) is 0 Å². The molecule has 0 fully saturated rings. The first kappa shape index (κ1) is 17.1. The fourth-order valence-electron chi connectivity index (χ4n) is 2.82. The van der Waals surface area contributed by atoms with Gasteiger partial charge in [0.1, 0.15) is 0 Å². The molecule has 0 amide bonds. The molecule has 3 N–H and O–H groups in total. The van der Waals surface area contributed by atoms with Gasteiger partial charge in [-0.15, -0.1) is 0 Å². The molecule has 0 saturated carbocycles. The van der Waals surface area contributed by atoms with Gasteiger partial charge >= 0.3 is 0 Å². The highest BCUT2D eigenvalue weighted by Gasteiger charge is 2.14. The first-order valence-corrected chi connectivity index (χ1v) is 9.39. The second-order valence-corrected chi connectivity index (χ2v) is 7.60. The van der Waals surface area contributed by atoms with E-state index >= 15 is 0 Å². The Bertz CT molecular complexity index is 842. The van der Waals surface area contributed by atoms with Crippen molar-refractivity contribution in [2.45, 2.75) is 19.3 Å². The van der Waals surface area contributed by atoms with Crippen LogP contribution in [0.25, 0.3) is 22.2 Å². The zero-order valence-corrected chi connectivity index (χ0v) is 16.2. The molecule has 0 aliphatic heterocycles. The van der Waals surface area contributed by atoms with Crippen molar-refractivity contribution in [3.63, 3.8) is 0 Å². The van der Waals surface area contributed by atoms with Gasteiger partial charge in [-0.2, -0.15) is 0 Å². The zero-order chi connectivity index (χ0) is 16.4. The summed E-state index contributed by atoms with van der Waals surface area (Å²) in [5.74, 6) is 0. The van der Waals surface area contributed by atoms with Crippen molar-refractivity contribution in [3.05, 3.63) is 55.6 Å². The van der Waals surface area contributed by atoms with Crippen molar-refractivity contribution in [1.29, 1.82) is 0 Å². The summed E-state index contributed by atoms with van der Waals surface area (Å²) in [4.78, 5) is 3.54. The molecular formula is C18H17Cl2IN2. The maximum atomic E-state index is 6.20. The quantitative estimate of drug-likeness (QED) is 0.355. The first-order valence-electron chi connectivity index (χ1n) is 7.55. The van der Waals surface area contributed by atoms with Gasteiger partial charge in [-0.1, -0.05) is 29.3 Å². The third kappa shape index (κ3) is 3.68. The van der Waals surface area contributed by atoms with Crippen LogP contribution in [0.2, 0.25) is 10.0 Å². The van der Waals surface area contributed by atoms with Gasteiger partial charge in [0.15, 0.2) is 0 Å². The van der Waals surface area contributed by atoms with Crippen LogP contribution >= 0.6 is 45.8 Å². The van der Waals surface area contributed by atoms with Crippen LogP contribution in [0.1, 0.15) is 18.4 Å². The first-order chi connectivity index (χ1) is 11.1. The molecule has 0 radical (unpaired) electrons. The second-order valence-electron chi connectivity index (χ2n) is 5.54. The number of nitrogens with one attached hydrogen (secondary N) is 1. The second kappa shape index (κ2) is 7.43. The van der Waals surface area contributed by atoms with Crippen LogP contribution in [0, 0.1) is 3.57 Å². The minimum Gasteiger partial charge on any atom is -0.354 e. The fourth-order valence-corrected chi connectivity index (χ4v) is 3.61. The molecular weight excluding hydrogens is 442 g/mol. The van der Waals surface area contributed by atoms with Gasteiger partial charge in [-0.25, -0.2) is 0 Å². The highest BCUT2D eigenvalue weighted by Crippen LogP contribution is 2.35. The van der Waals surface area contributed by atoms with Gasteiger partial charge in [-0.3, -0.25) is 0 Å². The standard InChI is InChI=1S/C18H17Cl2IN2/c19-15-6-4-11(9-16(15)20)18-13(3-1-2-8-22)14-10-12(21)5-7-17(14)23-18/h4-7,9-10,23H,1-3,8,22H2. The predicted octanol–water partition coefficient (Wildman–Crippen LogP) is 6.03. The van der Waals surface area contributed by atoms with Gasteiger partial charge in [-0.05, 0) is 89.9 Å². The number of aryl methyl sites for hydroxylation is 1. The third-order valence-corrected chi connectivity index (χ3v) is 5.37. The molecule has 0 bridgehead atoms. The molecule has 3 aromatic rings. The Hall–Kier alpha value is -0.750. The van der Waals surface area contributed by atoms with Crippen LogP contribution in [0.4, 0.5) is 0 Å². The molecule has 2 nitrogen and oxygen atoms in total. The number of nitrogens with two attached hydrogens (primary N) is 1. The number of hydrogen-bond donors (Lipinski definition) is 2. The minimum atomic E-state index is 0.574. The van der Waals surface area contributed by atoms with Crippen LogP contribution < -0.4 is 5.73 Å². The van der Waals surface area contributed by atoms with Gasteiger partial charge in [0.25, 0.3) is 0 Å². The molecule has 0 spiro atoms. The molecule has 3 rings (SSSR count). The number of aromatic amines is 1. The molecule has 0 aliphatic carbocycles. The van der Waals surface area contributed by atoms with Crippen LogP contribution in [-0.4, -0.2) is 11.5 Å². The van der Waals surface area contributed by atoms with Crippen molar-refractivity contribution < 1.29 is 0 Å². The Morgan fingerprint density at radius 1 is 1.00 bits per heavy atom. The average molecular weight is 459 g/mol. The fraction of sp³-hybridized carbons (Fsp3) is 0.222. The van der Waals surface area contributed by atoms with E-state index in [0.29, 0.717) is 10.0 Å². The summed E-state index contributed by atoms with van der Waals surface area (Å²) in [5.41, 5.74) is 10.3. The lowest BCUT2D eigenvalue weighted by Gasteiger charge is -2.06. The van der Waals surface area contributed by atoms with Gasteiger partial charge < -0.3 is 10.7 Å². The number of hydrogen-bond acceptors (Lipinski definition) is 1. The van der Waals surface area contributed by atoms with Crippen molar-refractivity contribution in [1.82, 2.24) is 4.98 Å². The summed E-state index contributed by atoms with van der Waals surface area (Å²) >= 11 is 14.6. The third-order valence-electron chi connectivity index (χ3n) is 3.96. The summed E-state index contributed by atoms with van der Waals surface area (Å²) in [6.07, 6.45) is 3.09. The van der Waals surface area contributed by atoms with Gasteiger partial charge in [0.05, 0.1) is 10.0 Å². The number of unbranched alkanes of at least 4 members (excludes halogenated alkanes) is 1. The summed E-state index contributed by atoms with van der Waals surface area (Å²) in [5, 5.41) is 2.42. The maximum absolute atomic E-state index is 6.20. The lowest BCUT2D eigenvalue weighted by Crippen LogP contribution is -1.99. The molecule has 120 valence electrons. The summed E-state index contributed by atoms with van der Waals surface area (Å²) < 4.78 is 1.23. The Balaban J connectivity index is 2.13. The maximum Gasteiger partial charge on any atom is 0.0599 e. The molecule has 5 heteroatoms. The minimum absolute atomic E-state index is 0.574. The number of H-pyrrole nitrogens is 1. The van der Waals surface area contributed by atoms with Crippen molar-refractivity contribution in [2.75, 3.05) is 6.54 Å². The summed E-state index contributed by atoms with van der Waals surface area (Å²) in [7, 11) is 0. The van der Waals surface area contributed by atoms with E-state index in [4.69, 9.17) is 28.9 Å². The zero-order valence-electron chi connectivity index (χ0n) is 12.5. The summed E-state index contributed by atoms with van der Waals surface area (Å²) in [6, 6.07) is 12.2. The Morgan fingerprint density at radius 2 is 1.83 bits per heavy atom. The topological polar surface area (TPSA) is 41.8 Å². The molecule has 1 aromatic heterocycles. The van der Waals surface area contributed by atoms with Crippen LogP contribution in [-0.2, 0) is 6.42 Å². The Morgan fingerprint density at radius 3 is 2.57 bits per heavy atom. The Labute approximate surface area is 159 Å². The van der Waals surface area contributed by atoms with Crippen LogP contribution in [0.15, 0.2) is 36.4 Å². The van der Waals surface area contributed by atoms with Crippen molar-refractivity contribution in [2.24, 2.45) is 5.73 Å². The average Bonchev–Trinajstić information content (AvgIpc) is 2.88. The number of fused-ring (bicyclic) bond motifs is 1. The largest absolute Gasteiger partial charge is 0.354 e. The van der Waals surface area contributed by atoms with E-state index in [-0.39, 0.29) is 0 Å². The lowest BCUT2D eigenvalue weighted by molar-refractivity contribution is 0.748. The van der Waals surface area contributed by atoms with Crippen LogP contribution in [0.3, 0.4) is 0 Å². The Kier molecular flexibility index (Phi) is 5.52. The normalized spacial score (nSPS) is 11.3. The molecule has 2 aromatic carbocycles. The summed E-state index contributed by atoms with van der Waals surface area (Å²) in [6.45, 7) is 0.724.